The second-order valence-electron chi connectivity index (χ2n) is 5.40. The standard InChI is InChI=1S/C14H15F6NO2/c1-9-4-6-21(7-5-9)10-2-3-11(22-13(15,16)17)12(8-10)23-14(18,19)20/h2-3,8-9H,4-7H2,1H3. The Morgan fingerprint density at radius 2 is 1.43 bits per heavy atom. The van der Waals surface area contributed by atoms with Gasteiger partial charge < -0.3 is 14.4 Å². The van der Waals surface area contributed by atoms with Gasteiger partial charge in [0.05, 0.1) is 0 Å². The van der Waals surface area contributed by atoms with Gasteiger partial charge in [-0.1, -0.05) is 6.92 Å². The lowest BCUT2D eigenvalue weighted by atomic mass is 9.99. The minimum Gasteiger partial charge on any atom is -0.402 e. The topological polar surface area (TPSA) is 21.7 Å². The monoisotopic (exact) mass is 343 g/mol. The van der Waals surface area contributed by atoms with Gasteiger partial charge in [-0.2, -0.15) is 0 Å². The molecule has 130 valence electrons. The van der Waals surface area contributed by atoms with Crippen LogP contribution in [0.5, 0.6) is 11.5 Å². The second-order valence-corrected chi connectivity index (χ2v) is 5.40. The van der Waals surface area contributed by atoms with Gasteiger partial charge in [0.25, 0.3) is 0 Å². The largest absolute Gasteiger partial charge is 0.573 e. The van der Waals surface area contributed by atoms with Gasteiger partial charge in [0.1, 0.15) is 0 Å². The molecule has 0 aliphatic carbocycles. The predicted molar refractivity (Wildman–Crippen MR) is 70.4 cm³/mol. The molecule has 0 spiro atoms. The van der Waals surface area contributed by atoms with Crippen LogP contribution in [0.4, 0.5) is 32.0 Å². The van der Waals surface area contributed by atoms with E-state index in [4.69, 9.17) is 0 Å². The summed E-state index contributed by atoms with van der Waals surface area (Å²) in [5, 5.41) is 0. The molecular formula is C14H15F6NO2. The average molecular weight is 343 g/mol. The Bertz CT molecular complexity index is 535. The number of piperidine rings is 1. The fourth-order valence-electron chi connectivity index (χ4n) is 2.37. The van der Waals surface area contributed by atoms with Crippen LogP contribution in [0.3, 0.4) is 0 Å². The molecule has 1 aromatic carbocycles. The maximum Gasteiger partial charge on any atom is 0.573 e. The van der Waals surface area contributed by atoms with Crippen molar-refractivity contribution in [3.8, 4) is 11.5 Å². The van der Waals surface area contributed by atoms with E-state index in [1.54, 1.807) is 4.90 Å². The number of halogens is 6. The molecule has 0 radical (unpaired) electrons. The Morgan fingerprint density at radius 1 is 0.913 bits per heavy atom. The smallest absolute Gasteiger partial charge is 0.402 e. The van der Waals surface area contributed by atoms with Gasteiger partial charge >= 0.3 is 12.7 Å². The first-order valence-corrected chi connectivity index (χ1v) is 6.94. The average Bonchev–Trinajstić information content (AvgIpc) is 2.38. The Balaban J connectivity index is 2.27. The number of nitrogens with zero attached hydrogens (tertiary/aromatic N) is 1. The van der Waals surface area contributed by atoms with Gasteiger partial charge in [-0.3, -0.25) is 0 Å². The molecule has 0 aromatic heterocycles. The highest BCUT2D eigenvalue weighted by atomic mass is 19.4. The molecule has 1 saturated heterocycles. The number of alkyl halides is 6. The van der Waals surface area contributed by atoms with Crippen LogP contribution in [-0.4, -0.2) is 25.8 Å². The highest BCUT2D eigenvalue weighted by molar-refractivity contribution is 5.56. The third kappa shape index (κ3) is 5.40. The van der Waals surface area contributed by atoms with Gasteiger partial charge in [0, 0.05) is 24.8 Å². The summed E-state index contributed by atoms with van der Waals surface area (Å²) < 4.78 is 81.3. The summed E-state index contributed by atoms with van der Waals surface area (Å²) in [5.74, 6) is -1.53. The first-order chi connectivity index (χ1) is 10.5. The zero-order chi connectivity index (χ0) is 17.3. The summed E-state index contributed by atoms with van der Waals surface area (Å²) >= 11 is 0. The van der Waals surface area contributed by atoms with Crippen LogP contribution < -0.4 is 14.4 Å². The van der Waals surface area contributed by atoms with E-state index in [0.29, 0.717) is 24.7 Å². The van der Waals surface area contributed by atoms with Gasteiger partial charge in [0.2, 0.25) is 0 Å². The maximum atomic E-state index is 12.4. The molecule has 0 unspecified atom stereocenters. The van der Waals surface area contributed by atoms with E-state index in [1.165, 1.54) is 6.07 Å². The fraction of sp³-hybridized carbons (Fsp3) is 0.571. The number of ether oxygens (including phenoxy) is 2. The molecule has 3 nitrogen and oxygen atoms in total. The van der Waals surface area contributed by atoms with Gasteiger partial charge in [-0.25, -0.2) is 0 Å². The van der Waals surface area contributed by atoms with Crippen LogP contribution >= 0.6 is 0 Å². The predicted octanol–water partition coefficient (Wildman–Crippen LogP) is 4.72. The van der Waals surface area contributed by atoms with Crippen molar-refractivity contribution in [1.82, 2.24) is 0 Å². The number of rotatable bonds is 3. The molecular weight excluding hydrogens is 328 g/mol. The highest BCUT2D eigenvalue weighted by Gasteiger charge is 2.37. The van der Waals surface area contributed by atoms with Gasteiger partial charge in [-0.05, 0) is 30.9 Å². The van der Waals surface area contributed by atoms with Gasteiger partial charge in [0.15, 0.2) is 11.5 Å². The van der Waals surface area contributed by atoms with Crippen molar-refractivity contribution >= 4 is 5.69 Å². The quantitative estimate of drug-likeness (QED) is 0.741. The summed E-state index contributed by atoms with van der Waals surface area (Å²) in [6.07, 6.45) is -8.50. The molecule has 9 heteroatoms. The molecule has 1 aliphatic rings. The van der Waals surface area contributed by atoms with Crippen molar-refractivity contribution in [2.24, 2.45) is 5.92 Å². The van der Waals surface area contributed by atoms with Crippen molar-refractivity contribution in [1.29, 1.82) is 0 Å². The number of hydrogen-bond donors (Lipinski definition) is 0. The summed E-state index contributed by atoms with van der Waals surface area (Å²) in [4.78, 5) is 1.81. The highest BCUT2D eigenvalue weighted by Crippen LogP contribution is 2.39. The Labute approximate surface area is 128 Å². The first-order valence-electron chi connectivity index (χ1n) is 6.94. The van der Waals surface area contributed by atoms with Crippen molar-refractivity contribution in [2.45, 2.75) is 32.5 Å². The van der Waals surface area contributed by atoms with E-state index in [0.717, 1.165) is 25.0 Å². The Kier molecular flexibility index (Phi) is 4.86. The van der Waals surface area contributed by atoms with E-state index in [-0.39, 0.29) is 0 Å². The van der Waals surface area contributed by atoms with E-state index in [9.17, 15) is 26.3 Å². The molecule has 1 aliphatic heterocycles. The van der Waals surface area contributed by atoms with Crippen LogP contribution in [0, 0.1) is 5.92 Å². The molecule has 23 heavy (non-hydrogen) atoms. The van der Waals surface area contributed by atoms with E-state index in [2.05, 4.69) is 16.4 Å². The molecule has 1 fully saturated rings. The van der Waals surface area contributed by atoms with E-state index < -0.39 is 24.2 Å². The molecule has 1 heterocycles. The third-order valence-corrected chi connectivity index (χ3v) is 3.53. The summed E-state index contributed by atoms with van der Waals surface area (Å²) in [6, 6.07) is 3.05. The van der Waals surface area contributed by atoms with Crippen molar-refractivity contribution in [3.63, 3.8) is 0 Å². The first kappa shape index (κ1) is 17.6. The van der Waals surface area contributed by atoms with Crippen molar-refractivity contribution in [3.05, 3.63) is 18.2 Å². The van der Waals surface area contributed by atoms with Crippen LogP contribution in [0.1, 0.15) is 19.8 Å². The lowest BCUT2D eigenvalue weighted by Gasteiger charge is -2.32. The fourth-order valence-corrected chi connectivity index (χ4v) is 2.37. The lowest BCUT2D eigenvalue weighted by Crippen LogP contribution is -2.32. The number of hydrogen-bond acceptors (Lipinski definition) is 3. The molecule has 2 rings (SSSR count). The Morgan fingerprint density at radius 3 is 1.96 bits per heavy atom. The second kappa shape index (κ2) is 6.37. The molecule has 1 aromatic rings. The van der Waals surface area contributed by atoms with Crippen molar-refractivity contribution in [2.75, 3.05) is 18.0 Å². The van der Waals surface area contributed by atoms with Crippen molar-refractivity contribution < 1.29 is 35.8 Å². The minimum atomic E-state index is -5.11. The van der Waals surface area contributed by atoms with Crippen LogP contribution in [0.15, 0.2) is 18.2 Å². The summed E-state index contributed by atoms with van der Waals surface area (Å²) in [5.41, 5.74) is 0.366. The minimum absolute atomic E-state index is 0.366. The normalized spacial score (nSPS) is 17.3. The third-order valence-electron chi connectivity index (χ3n) is 3.53. The van der Waals surface area contributed by atoms with E-state index in [1.807, 2.05) is 0 Å². The Hall–Kier alpha value is -1.80. The summed E-state index contributed by atoms with van der Waals surface area (Å²) in [7, 11) is 0. The molecule has 0 bridgehead atoms. The maximum absolute atomic E-state index is 12.4. The zero-order valence-corrected chi connectivity index (χ0v) is 12.2. The summed E-state index contributed by atoms with van der Waals surface area (Å²) in [6.45, 7) is 3.30. The van der Waals surface area contributed by atoms with Crippen LogP contribution in [0.25, 0.3) is 0 Å². The number of anilines is 1. The molecule has 0 saturated carbocycles. The molecule has 0 atom stereocenters. The lowest BCUT2D eigenvalue weighted by molar-refractivity contribution is -0.287. The van der Waals surface area contributed by atoms with Crippen LogP contribution in [-0.2, 0) is 0 Å². The van der Waals surface area contributed by atoms with Gasteiger partial charge in [-0.15, -0.1) is 26.3 Å². The number of benzene rings is 1. The molecule has 0 N–H and O–H groups in total. The molecule has 0 amide bonds. The van der Waals surface area contributed by atoms with E-state index >= 15 is 0 Å². The zero-order valence-electron chi connectivity index (χ0n) is 12.2. The SMILES string of the molecule is CC1CCN(c2ccc(OC(F)(F)F)c(OC(F)(F)F)c2)CC1. The van der Waals surface area contributed by atoms with Crippen LogP contribution in [0.2, 0.25) is 0 Å².